The Hall–Kier alpha value is -0.440. The standard InChI is InChI=1S/C8H13F5O3S/c1-2-3-4-5-6-17(14,15)16-8(12,13)7(9,10)11/h2-6H2,1H3. The molecule has 0 atom stereocenters. The molecular formula is C8H13F5O3S. The van der Waals surface area contributed by atoms with Crippen LogP contribution in [-0.4, -0.2) is 26.5 Å². The van der Waals surface area contributed by atoms with Gasteiger partial charge in [0.2, 0.25) is 0 Å². The second-order valence-corrected chi connectivity index (χ2v) is 5.11. The molecule has 3 nitrogen and oxygen atoms in total. The summed E-state index contributed by atoms with van der Waals surface area (Å²) in [6.45, 7) is 1.84. The van der Waals surface area contributed by atoms with Gasteiger partial charge >= 0.3 is 12.3 Å². The maximum atomic E-state index is 12.3. The van der Waals surface area contributed by atoms with E-state index in [-0.39, 0.29) is 6.42 Å². The van der Waals surface area contributed by atoms with E-state index in [1.807, 2.05) is 6.92 Å². The van der Waals surface area contributed by atoms with Crippen molar-refractivity contribution in [1.29, 1.82) is 0 Å². The average molecular weight is 284 g/mol. The van der Waals surface area contributed by atoms with Crippen molar-refractivity contribution in [3.05, 3.63) is 0 Å². The van der Waals surface area contributed by atoms with Crippen LogP contribution in [0.3, 0.4) is 0 Å². The summed E-state index contributed by atoms with van der Waals surface area (Å²) in [5.74, 6) is -0.849. The highest BCUT2D eigenvalue weighted by molar-refractivity contribution is 7.86. The molecule has 0 aliphatic carbocycles. The van der Waals surface area contributed by atoms with Crippen LogP contribution in [0.15, 0.2) is 0 Å². The van der Waals surface area contributed by atoms with Gasteiger partial charge in [-0.25, -0.2) is 0 Å². The molecule has 0 unspecified atom stereocenters. The number of halogens is 5. The lowest BCUT2D eigenvalue weighted by Gasteiger charge is -2.18. The van der Waals surface area contributed by atoms with Crippen molar-refractivity contribution in [2.24, 2.45) is 0 Å². The van der Waals surface area contributed by atoms with Crippen molar-refractivity contribution in [2.75, 3.05) is 5.75 Å². The van der Waals surface area contributed by atoms with Crippen LogP contribution in [0.5, 0.6) is 0 Å². The van der Waals surface area contributed by atoms with Crippen molar-refractivity contribution in [3.63, 3.8) is 0 Å². The lowest BCUT2D eigenvalue weighted by Crippen LogP contribution is -2.41. The van der Waals surface area contributed by atoms with Gasteiger partial charge in [0, 0.05) is 0 Å². The lowest BCUT2D eigenvalue weighted by molar-refractivity contribution is -0.359. The van der Waals surface area contributed by atoms with Crippen LogP contribution in [0.1, 0.15) is 32.6 Å². The SMILES string of the molecule is CCCCCCS(=O)(=O)OC(F)(F)C(F)(F)F. The largest absolute Gasteiger partial charge is 0.484 e. The molecule has 0 amide bonds. The van der Waals surface area contributed by atoms with Crippen LogP contribution >= 0.6 is 0 Å². The van der Waals surface area contributed by atoms with E-state index in [0.29, 0.717) is 12.8 Å². The predicted molar refractivity (Wildman–Crippen MR) is 50.0 cm³/mol. The molecule has 9 heteroatoms. The molecule has 0 N–H and O–H groups in total. The van der Waals surface area contributed by atoms with Gasteiger partial charge in [0.1, 0.15) is 0 Å². The summed E-state index contributed by atoms with van der Waals surface area (Å²) in [6, 6.07) is 0. The van der Waals surface area contributed by atoms with E-state index in [0.717, 1.165) is 6.42 Å². The van der Waals surface area contributed by atoms with E-state index >= 15 is 0 Å². The zero-order valence-corrected chi connectivity index (χ0v) is 9.87. The summed E-state index contributed by atoms with van der Waals surface area (Å²) in [4.78, 5) is 0. The van der Waals surface area contributed by atoms with Gasteiger partial charge in [-0.1, -0.05) is 26.2 Å². The first-order valence-electron chi connectivity index (χ1n) is 4.89. The fraction of sp³-hybridized carbons (Fsp3) is 1.00. The highest BCUT2D eigenvalue weighted by atomic mass is 32.2. The molecule has 17 heavy (non-hydrogen) atoms. The molecule has 0 saturated heterocycles. The second kappa shape index (κ2) is 5.94. The predicted octanol–water partition coefficient (Wildman–Crippen LogP) is 3.07. The fourth-order valence-corrected chi connectivity index (χ4v) is 2.01. The van der Waals surface area contributed by atoms with Crippen LogP contribution in [0.2, 0.25) is 0 Å². The second-order valence-electron chi connectivity index (χ2n) is 3.42. The molecule has 104 valence electrons. The molecule has 0 aromatic heterocycles. The van der Waals surface area contributed by atoms with E-state index in [1.54, 1.807) is 0 Å². The van der Waals surface area contributed by atoms with Crippen molar-refractivity contribution < 1.29 is 34.6 Å². The topological polar surface area (TPSA) is 43.4 Å². The molecule has 0 spiro atoms. The summed E-state index contributed by atoms with van der Waals surface area (Å²) >= 11 is 0. The van der Waals surface area contributed by atoms with Crippen LogP contribution in [0.25, 0.3) is 0 Å². The minimum Gasteiger partial charge on any atom is -0.199 e. The summed E-state index contributed by atoms with van der Waals surface area (Å²) in [7, 11) is -4.87. The van der Waals surface area contributed by atoms with Gasteiger partial charge in [-0.15, -0.1) is 0 Å². The first-order chi connectivity index (χ1) is 7.52. The number of alkyl halides is 5. The Morgan fingerprint density at radius 3 is 1.94 bits per heavy atom. The van der Waals surface area contributed by atoms with Crippen molar-refractivity contribution >= 4 is 10.1 Å². The van der Waals surface area contributed by atoms with E-state index in [9.17, 15) is 30.4 Å². The van der Waals surface area contributed by atoms with Crippen LogP contribution < -0.4 is 0 Å². The van der Waals surface area contributed by atoms with Gasteiger partial charge in [-0.3, -0.25) is 0 Å². The lowest BCUT2D eigenvalue weighted by atomic mass is 10.2. The van der Waals surface area contributed by atoms with Crippen molar-refractivity contribution in [1.82, 2.24) is 0 Å². The zero-order valence-electron chi connectivity index (χ0n) is 9.06. The van der Waals surface area contributed by atoms with Gasteiger partial charge in [0.15, 0.2) is 0 Å². The number of hydrogen-bond donors (Lipinski definition) is 0. The highest BCUT2D eigenvalue weighted by Crippen LogP contribution is 2.37. The Labute approximate surface area is 96.1 Å². The Kier molecular flexibility index (Phi) is 5.79. The Morgan fingerprint density at radius 1 is 1.00 bits per heavy atom. The maximum absolute atomic E-state index is 12.3. The quantitative estimate of drug-likeness (QED) is 0.410. The van der Waals surface area contributed by atoms with Gasteiger partial charge in [0.05, 0.1) is 5.75 Å². The average Bonchev–Trinajstić information content (AvgIpc) is 2.09. The number of rotatable bonds is 7. The number of unbranched alkanes of at least 4 members (excludes halogenated alkanes) is 3. The molecule has 0 rings (SSSR count). The molecular weight excluding hydrogens is 271 g/mol. The van der Waals surface area contributed by atoms with E-state index < -0.39 is 28.2 Å². The third-order valence-corrected chi connectivity index (χ3v) is 3.06. The van der Waals surface area contributed by atoms with E-state index in [1.165, 1.54) is 0 Å². The molecule has 0 aromatic carbocycles. The molecule has 0 saturated carbocycles. The van der Waals surface area contributed by atoms with Gasteiger partial charge in [0.25, 0.3) is 10.1 Å². The van der Waals surface area contributed by atoms with Gasteiger partial charge in [-0.05, 0) is 6.42 Å². The summed E-state index contributed by atoms with van der Waals surface area (Å²) in [5, 5.41) is 0. The Bertz CT molecular complexity index is 323. The Morgan fingerprint density at radius 2 is 1.53 bits per heavy atom. The van der Waals surface area contributed by atoms with Crippen molar-refractivity contribution in [3.8, 4) is 0 Å². The fourth-order valence-electron chi connectivity index (χ4n) is 0.954. The number of hydrogen-bond acceptors (Lipinski definition) is 3. The molecule has 0 fully saturated rings. The van der Waals surface area contributed by atoms with Crippen LogP contribution in [0.4, 0.5) is 22.0 Å². The molecule has 0 aromatic rings. The zero-order chi connectivity index (χ0) is 13.7. The van der Waals surface area contributed by atoms with Gasteiger partial charge in [-0.2, -0.15) is 34.6 Å². The minimum atomic E-state index is -6.04. The third-order valence-electron chi connectivity index (χ3n) is 1.81. The van der Waals surface area contributed by atoms with Crippen LogP contribution in [-0.2, 0) is 14.3 Å². The third kappa shape index (κ3) is 6.16. The first kappa shape index (κ1) is 16.6. The highest BCUT2D eigenvalue weighted by Gasteiger charge is 2.62. The summed E-state index contributed by atoms with van der Waals surface area (Å²) in [6.07, 6.45) is -9.84. The first-order valence-corrected chi connectivity index (χ1v) is 6.47. The summed E-state index contributed by atoms with van der Waals surface area (Å²) < 4.78 is 84.1. The summed E-state index contributed by atoms with van der Waals surface area (Å²) in [5.41, 5.74) is 0. The minimum absolute atomic E-state index is 0.00981. The van der Waals surface area contributed by atoms with Gasteiger partial charge < -0.3 is 0 Å². The molecule has 0 radical (unpaired) electrons. The molecule has 0 aliphatic heterocycles. The normalized spacial score (nSPS) is 14.0. The smallest absolute Gasteiger partial charge is 0.199 e. The maximum Gasteiger partial charge on any atom is 0.484 e. The monoisotopic (exact) mass is 284 g/mol. The molecule has 0 heterocycles. The van der Waals surface area contributed by atoms with E-state index in [4.69, 9.17) is 0 Å². The van der Waals surface area contributed by atoms with Crippen molar-refractivity contribution in [2.45, 2.75) is 44.9 Å². The molecule has 0 bridgehead atoms. The van der Waals surface area contributed by atoms with E-state index in [2.05, 4.69) is 4.18 Å². The van der Waals surface area contributed by atoms with Crippen LogP contribution in [0, 0.1) is 0 Å². The molecule has 0 aliphatic rings. The Balaban J connectivity index is 4.36.